The van der Waals surface area contributed by atoms with Crippen LogP contribution in [0.3, 0.4) is 0 Å². The Morgan fingerprint density at radius 2 is 1.94 bits per heavy atom. The highest BCUT2D eigenvalue weighted by molar-refractivity contribution is 5.65. The van der Waals surface area contributed by atoms with E-state index in [1.807, 2.05) is 18.7 Å². The largest absolute Gasteiger partial charge is 0.328 e. The van der Waals surface area contributed by atoms with Crippen molar-refractivity contribution in [1.29, 1.82) is 0 Å². The number of benzene rings is 1. The molecule has 2 N–H and O–H groups in total. The van der Waals surface area contributed by atoms with E-state index in [0.29, 0.717) is 0 Å². The molecule has 3 nitrogen and oxygen atoms in total. The summed E-state index contributed by atoms with van der Waals surface area (Å²) >= 11 is 0. The molecule has 96 valence electrons. The number of hydrogen-bond acceptors (Lipinski definition) is 2. The molecule has 0 aliphatic heterocycles. The normalized spacial score (nSPS) is 12.7. The van der Waals surface area contributed by atoms with Crippen molar-refractivity contribution in [1.82, 2.24) is 9.78 Å². The topological polar surface area (TPSA) is 43.8 Å². The monoisotopic (exact) mass is 243 g/mol. The molecular formula is C15H21N3. The molecule has 18 heavy (non-hydrogen) atoms. The standard InChI is InChI=1S/C15H21N3/c1-4-15-14(10-18(3)17-15)13-7-5-12(6-8-13)9-11(2)16/h5-8,10-11H,4,9,16H2,1-3H3. The van der Waals surface area contributed by atoms with Gasteiger partial charge in [0.25, 0.3) is 0 Å². The predicted octanol–water partition coefficient (Wildman–Crippen LogP) is 2.54. The highest BCUT2D eigenvalue weighted by Crippen LogP contribution is 2.23. The van der Waals surface area contributed by atoms with Gasteiger partial charge in [0.15, 0.2) is 0 Å². The maximum atomic E-state index is 5.81. The quantitative estimate of drug-likeness (QED) is 0.896. The van der Waals surface area contributed by atoms with Gasteiger partial charge in [-0.15, -0.1) is 0 Å². The van der Waals surface area contributed by atoms with E-state index in [2.05, 4.69) is 42.5 Å². The maximum absolute atomic E-state index is 5.81. The zero-order chi connectivity index (χ0) is 13.1. The Hall–Kier alpha value is -1.61. The Morgan fingerprint density at radius 3 is 2.50 bits per heavy atom. The number of aryl methyl sites for hydroxylation is 2. The molecule has 1 atom stereocenters. The molecule has 0 aliphatic rings. The summed E-state index contributed by atoms with van der Waals surface area (Å²) in [5.41, 5.74) is 10.7. The Kier molecular flexibility index (Phi) is 3.82. The van der Waals surface area contributed by atoms with Crippen molar-refractivity contribution in [2.24, 2.45) is 12.8 Å². The van der Waals surface area contributed by atoms with Crippen LogP contribution < -0.4 is 5.73 Å². The van der Waals surface area contributed by atoms with Crippen LogP contribution in [0.2, 0.25) is 0 Å². The average Bonchev–Trinajstić information content (AvgIpc) is 2.71. The second kappa shape index (κ2) is 5.36. The van der Waals surface area contributed by atoms with Crippen LogP contribution in [-0.2, 0) is 19.9 Å². The third-order valence-corrected chi connectivity index (χ3v) is 3.06. The van der Waals surface area contributed by atoms with Crippen molar-refractivity contribution >= 4 is 0 Å². The molecule has 0 spiro atoms. The SMILES string of the molecule is CCc1nn(C)cc1-c1ccc(CC(C)N)cc1. The van der Waals surface area contributed by atoms with E-state index in [1.54, 1.807) is 0 Å². The van der Waals surface area contributed by atoms with Crippen LogP contribution in [0.5, 0.6) is 0 Å². The van der Waals surface area contributed by atoms with Crippen molar-refractivity contribution in [3.05, 3.63) is 41.7 Å². The maximum Gasteiger partial charge on any atom is 0.0700 e. The van der Waals surface area contributed by atoms with Crippen molar-refractivity contribution < 1.29 is 0 Å². The molecule has 1 aromatic carbocycles. The van der Waals surface area contributed by atoms with Gasteiger partial charge in [-0.1, -0.05) is 31.2 Å². The van der Waals surface area contributed by atoms with E-state index < -0.39 is 0 Å². The van der Waals surface area contributed by atoms with Gasteiger partial charge in [0.1, 0.15) is 0 Å². The van der Waals surface area contributed by atoms with Gasteiger partial charge in [-0.25, -0.2) is 0 Å². The van der Waals surface area contributed by atoms with Gasteiger partial charge in [0, 0.05) is 24.8 Å². The second-order valence-electron chi connectivity index (χ2n) is 4.90. The molecule has 0 saturated carbocycles. The van der Waals surface area contributed by atoms with Crippen LogP contribution in [0, 0.1) is 0 Å². The minimum atomic E-state index is 0.209. The van der Waals surface area contributed by atoms with Gasteiger partial charge in [0.05, 0.1) is 5.69 Å². The fourth-order valence-corrected chi connectivity index (χ4v) is 2.23. The third kappa shape index (κ3) is 2.79. The highest BCUT2D eigenvalue weighted by Gasteiger charge is 2.08. The smallest absolute Gasteiger partial charge is 0.0700 e. The Balaban J connectivity index is 2.28. The molecule has 0 fully saturated rings. The average molecular weight is 243 g/mol. The van der Waals surface area contributed by atoms with E-state index >= 15 is 0 Å². The van der Waals surface area contributed by atoms with Gasteiger partial charge >= 0.3 is 0 Å². The fourth-order valence-electron chi connectivity index (χ4n) is 2.23. The molecule has 1 aromatic heterocycles. The first-order chi connectivity index (χ1) is 8.60. The molecule has 2 aromatic rings. The molecule has 1 unspecified atom stereocenters. The highest BCUT2D eigenvalue weighted by atomic mass is 15.2. The molecule has 1 heterocycles. The minimum Gasteiger partial charge on any atom is -0.328 e. The van der Waals surface area contributed by atoms with E-state index in [9.17, 15) is 0 Å². The van der Waals surface area contributed by atoms with E-state index in [4.69, 9.17) is 5.73 Å². The zero-order valence-electron chi connectivity index (χ0n) is 11.4. The summed E-state index contributed by atoms with van der Waals surface area (Å²) in [5.74, 6) is 0. The first-order valence-electron chi connectivity index (χ1n) is 6.47. The summed E-state index contributed by atoms with van der Waals surface area (Å²) in [7, 11) is 1.97. The zero-order valence-corrected chi connectivity index (χ0v) is 11.4. The summed E-state index contributed by atoms with van der Waals surface area (Å²) < 4.78 is 1.88. The van der Waals surface area contributed by atoms with Crippen molar-refractivity contribution in [3.8, 4) is 11.1 Å². The third-order valence-electron chi connectivity index (χ3n) is 3.06. The molecule has 3 heteroatoms. The van der Waals surface area contributed by atoms with Crippen LogP contribution in [0.1, 0.15) is 25.1 Å². The second-order valence-corrected chi connectivity index (χ2v) is 4.90. The number of hydrogen-bond donors (Lipinski definition) is 1. The Bertz CT molecular complexity index is 509. The molecule has 0 amide bonds. The molecule has 2 rings (SSSR count). The molecule has 0 saturated heterocycles. The molecule has 0 bridgehead atoms. The lowest BCUT2D eigenvalue weighted by Gasteiger charge is -2.06. The lowest BCUT2D eigenvalue weighted by Crippen LogP contribution is -2.17. The lowest BCUT2D eigenvalue weighted by molar-refractivity contribution is 0.738. The summed E-state index contributed by atoms with van der Waals surface area (Å²) in [5, 5.41) is 4.47. The van der Waals surface area contributed by atoms with Gasteiger partial charge in [-0.05, 0) is 30.9 Å². The van der Waals surface area contributed by atoms with Gasteiger partial charge < -0.3 is 5.73 Å². The van der Waals surface area contributed by atoms with Crippen LogP contribution >= 0.6 is 0 Å². The van der Waals surface area contributed by atoms with E-state index in [-0.39, 0.29) is 6.04 Å². The van der Waals surface area contributed by atoms with Gasteiger partial charge in [-0.3, -0.25) is 4.68 Å². The summed E-state index contributed by atoms with van der Waals surface area (Å²) in [4.78, 5) is 0. The molecular weight excluding hydrogens is 222 g/mol. The van der Waals surface area contributed by atoms with E-state index in [1.165, 1.54) is 16.7 Å². The molecule has 0 aliphatic carbocycles. The number of aromatic nitrogens is 2. The van der Waals surface area contributed by atoms with E-state index in [0.717, 1.165) is 18.5 Å². The molecule has 0 radical (unpaired) electrons. The fraction of sp³-hybridized carbons (Fsp3) is 0.400. The minimum absolute atomic E-state index is 0.209. The van der Waals surface area contributed by atoms with Crippen LogP contribution in [0.15, 0.2) is 30.5 Å². The van der Waals surface area contributed by atoms with Gasteiger partial charge in [0.2, 0.25) is 0 Å². The first kappa shape index (κ1) is 12.8. The number of rotatable bonds is 4. The predicted molar refractivity (Wildman–Crippen MR) is 75.4 cm³/mol. The van der Waals surface area contributed by atoms with Crippen molar-refractivity contribution in [3.63, 3.8) is 0 Å². The Labute approximate surface area is 109 Å². The summed E-state index contributed by atoms with van der Waals surface area (Å²) in [6.45, 7) is 4.17. The van der Waals surface area contributed by atoms with Crippen LogP contribution in [0.25, 0.3) is 11.1 Å². The summed E-state index contributed by atoms with van der Waals surface area (Å²) in [6, 6.07) is 8.85. The van der Waals surface area contributed by atoms with Crippen LogP contribution in [0.4, 0.5) is 0 Å². The van der Waals surface area contributed by atoms with Crippen LogP contribution in [-0.4, -0.2) is 15.8 Å². The number of nitrogens with zero attached hydrogens (tertiary/aromatic N) is 2. The van der Waals surface area contributed by atoms with Crippen molar-refractivity contribution in [2.45, 2.75) is 32.7 Å². The van der Waals surface area contributed by atoms with Crippen molar-refractivity contribution in [2.75, 3.05) is 0 Å². The Morgan fingerprint density at radius 1 is 1.28 bits per heavy atom. The van der Waals surface area contributed by atoms with Gasteiger partial charge in [-0.2, -0.15) is 5.10 Å². The summed E-state index contributed by atoms with van der Waals surface area (Å²) in [6.07, 6.45) is 3.96. The lowest BCUT2D eigenvalue weighted by atomic mass is 10.0. The number of nitrogens with two attached hydrogens (primary N) is 1. The first-order valence-corrected chi connectivity index (χ1v) is 6.47.